The van der Waals surface area contributed by atoms with Crippen LogP contribution in [0.2, 0.25) is 5.02 Å². The van der Waals surface area contributed by atoms with Gasteiger partial charge in [-0.05, 0) is 25.8 Å². The Morgan fingerprint density at radius 2 is 2.39 bits per heavy atom. The van der Waals surface area contributed by atoms with Gasteiger partial charge in [0, 0.05) is 25.5 Å². The van der Waals surface area contributed by atoms with Crippen LogP contribution in [0.25, 0.3) is 0 Å². The van der Waals surface area contributed by atoms with Gasteiger partial charge in [0.2, 0.25) is 0 Å². The maximum absolute atomic E-state index is 12.3. The number of pyridine rings is 1. The molecule has 0 bridgehead atoms. The Bertz CT molecular complexity index is 511. The summed E-state index contributed by atoms with van der Waals surface area (Å²) in [5, 5.41) is 9.59. The molecule has 1 aliphatic rings. The van der Waals surface area contributed by atoms with Crippen LogP contribution in [-0.2, 0) is 0 Å². The first-order chi connectivity index (χ1) is 8.54. The first-order valence-electron chi connectivity index (χ1n) is 5.85. The predicted molar refractivity (Wildman–Crippen MR) is 68.1 cm³/mol. The summed E-state index contributed by atoms with van der Waals surface area (Å²) in [6.07, 6.45) is 4.69. The van der Waals surface area contributed by atoms with E-state index in [2.05, 4.69) is 11.1 Å². The van der Waals surface area contributed by atoms with Crippen LogP contribution in [0.15, 0.2) is 18.5 Å². The average Bonchev–Trinajstić information content (AvgIpc) is 2.38. The van der Waals surface area contributed by atoms with Crippen LogP contribution in [0.3, 0.4) is 0 Å². The molecule has 0 radical (unpaired) electrons. The third kappa shape index (κ3) is 2.62. The summed E-state index contributed by atoms with van der Waals surface area (Å²) in [6.45, 7) is 3.04. The lowest BCUT2D eigenvalue weighted by atomic mass is 9.83. The third-order valence-corrected chi connectivity index (χ3v) is 3.41. The second-order valence-corrected chi connectivity index (χ2v) is 5.33. The summed E-state index contributed by atoms with van der Waals surface area (Å²) >= 11 is 5.83. The molecular formula is C13H14ClN3O. The Hall–Kier alpha value is -1.60. The molecule has 18 heavy (non-hydrogen) atoms. The Labute approximate surface area is 111 Å². The molecule has 1 saturated heterocycles. The zero-order valence-corrected chi connectivity index (χ0v) is 10.9. The highest BCUT2D eigenvalue weighted by molar-refractivity contribution is 6.30. The highest BCUT2D eigenvalue weighted by Crippen LogP contribution is 2.29. The standard InChI is InChI=1S/C13H14ClN3O/c1-13(8-15)3-2-4-17(9-13)12(18)10-5-11(14)7-16-6-10/h5-7H,2-4,9H2,1H3. The minimum absolute atomic E-state index is 0.105. The van der Waals surface area contributed by atoms with Crippen LogP contribution < -0.4 is 0 Å². The summed E-state index contributed by atoms with van der Waals surface area (Å²) < 4.78 is 0. The third-order valence-electron chi connectivity index (χ3n) is 3.21. The first kappa shape index (κ1) is 12.8. The largest absolute Gasteiger partial charge is 0.337 e. The zero-order chi connectivity index (χ0) is 13.2. The summed E-state index contributed by atoms with van der Waals surface area (Å²) in [5.74, 6) is -0.105. The predicted octanol–water partition coefficient (Wildman–Crippen LogP) is 2.50. The van der Waals surface area contributed by atoms with Gasteiger partial charge in [0.1, 0.15) is 0 Å². The van der Waals surface area contributed by atoms with Crippen molar-refractivity contribution in [3.8, 4) is 6.07 Å². The quantitative estimate of drug-likeness (QED) is 0.782. The lowest BCUT2D eigenvalue weighted by Gasteiger charge is -2.35. The van der Waals surface area contributed by atoms with Crippen molar-refractivity contribution in [2.75, 3.05) is 13.1 Å². The van der Waals surface area contributed by atoms with Crippen molar-refractivity contribution >= 4 is 17.5 Å². The maximum atomic E-state index is 12.3. The molecule has 1 atom stereocenters. The highest BCUT2D eigenvalue weighted by atomic mass is 35.5. The van der Waals surface area contributed by atoms with Crippen LogP contribution in [-0.4, -0.2) is 28.9 Å². The number of halogens is 1. The van der Waals surface area contributed by atoms with Gasteiger partial charge in [-0.25, -0.2) is 0 Å². The van der Waals surface area contributed by atoms with Crippen molar-refractivity contribution in [3.05, 3.63) is 29.0 Å². The number of nitriles is 1. The number of likely N-dealkylation sites (tertiary alicyclic amines) is 1. The van der Waals surface area contributed by atoms with Gasteiger partial charge in [0.05, 0.1) is 22.1 Å². The molecule has 1 aliphatic heterocycles. The van der Waals surface area contributed by atoms with E-state index in [0.29, 0.717) is 23.7 Å². The molecule has 1 amide bonds. The van der Waals surface area contributed by atoms with E-state index in [1.54, 1.807) is 11.0 Å². The minimum atomic E-state index is -0.445. The van der Waals surface area contributed by atoms with Crippen molar-refractivity contribution in [2.45, 2.75) is 19.8 Å². The topological polar surface area (TPSA) is 57.0 Å². The van der Waals surface area contributed by atoms with Gasteiger partial charge < -0.3 is 4.90 Å². The fourth-order valence-corrected chi connectivity index (χ4v) is 2.39. The fraction of sp³-hybridized carbons (Fsp3) is 0.462. The molecule has 1 unspecified atom stereocenters. The average molecular weight is 264 g/mol. The lowest BCUT2D eigenvalue weighted by Crippen LogP contribution is -2.44. The second-order valence-electron chi connectivity index (χ2n) is 4.89. The molecule has 94 valence electrons. The number of piperidine rings is 1. The molecule has 0 aromatic carbocycles. The van der Waals surface area contributed by atoms with Crippen LogP contribution in [0.1, 0.15) is 30.1 Å². The normalized spacial score (nSPS) is 23.5. The molecular weight excluding hydrogens is 250 g/mol. The summed E-state index contributed by atoms with van der Waals surface area (Å²) in [6, 6.07) is 3.90. The molecule has 4 nitrogen and oxygen atoms in total. The number of carbonyl (C=O) groups excluding carboxylic acids is 1. The fourth-order valence-electron chi connectivity index (χ4n) is 2.22. The Kier molecular flexibility index (Phi) is 3.53. The summed E-state index contributed by atoms with van der Waals surface area (Å²) in [5.41, 5.74) is 0.0320. The summed E-state index contributed by atoms with van der Waals surface area (Å²) in [7, 11) is 0. The van der Waals surface area contributed by atoms with Crippen molar-refractivity contribution in [3.63, 3.8) is 0 Å². The molecule has 5 heteroatoms. The molecule has 0 aliphatic carbocycles. The minimum Gasteiger partial charge on any atom is -0.337 e. The molecule has 1 fully saturated rings. The van der Waals surface area contributed by atoms with Crippen LogP contribution in [0, 0.1) is 16.7 Å². The van der Waals surface area contributed by atoms with E-state index in [1.807, 2.05) is 6.92 Å². The monoisotopic (exact) mass is 263 g/mol. The zero-order valence-electron chi connectivity index (χ0n) is 10.2. The van der Waals surface area contributed by atoms with Crippen LogP contribution in [0.4, 0.5) is 0 Å². The van der Waals surface area contributed by atoms with E-state index in [-0.39, 0.29) is 5.91 Å². The summed E-state index contributed by atoms with van der Waals surface area (Å²) in [4.78, 5) is 17.9. The molecule has 2 rings (SSSR count). The van der Waals surface area contributed by atoms with Gasteiger partial charge in [-0.15, -0.1) is 0 Å². The van der Waals surface area contributed by atoms with E-state index in [4.69, 9.17) is 16.9 Å². The molecule has 0 saturated carbocycles. The van der Waals surface area contributed by atoms with Gasteiger partial charge in [-0.2, -0.15) is 5.26 Å². The second kappa shape index (κ2) is 4.95. The number of carbonyl (C=O) groups is 1. The first-order valence-corrected chi connectivity index (χ1v) is 6.23. The molecule has 2 heterocycles. The van der Waals surface area contributed by atoms with Crippen molar-refractivity contribution in [2.24, 2.45) is 5.41 Å². The van der Waals surface area contributed by atoms with Crippen LogP contribution in [0.5, 0.6) is 0 Å². The Morgan fingerprint density at radius 1 is 1.61 bits per heavy atom. The van der Waals surface area contributed by atoms with E-state index in [9.17, 15) is 4.79 Å². The van der Waals surface area contributed by atoms with E-state index >= 15 is 0 Å². The molecule has 1 aromatic rings. The van der Waals surface area contributed by atoms with E-state index in [0.717, 1.165) is 12.8 Å². The van der Waals surface area contributed by atoms with Crippen molar-refractivity contribution < 1.29 is 4.79 Å². The SMILES string of the molecule is CC1(C#N)CCCN(C(=O)c2cncc(Cl)c2)C1. The smallest absolute Gasteiger partial charge is 0.255 e. The van der Waals surface area contributed by atoms with Gasteiger partial charge >= 0.3 is 0 Å². The molecule has 1 aromatic heterocycles. The van der Waals surface area contributed by atoms with Gasteiger partial charge in [0.25, 0.3) is 5.91 Å². The number of nitrogens with zero attached hydrogens (tertiary/aromatic N) is 3. The molecule has 0 N–H and O–H groups in total. The van der Waals surface area contributed by atoms with Gasteiger partial charge in [-0.1, -0.05) is 11.6 Å². The van der Waals surface area contributed by atoms with Crippen LogP contribution >= 0.6 is 11.6 Å². The van der Waals surface area contributed by atoms with Gasteiger partial charge in [0.15, 0.2) is 0 Å². The number of aromatic nitrogens is 1. The number of amides is 1. The highest BCUT2D eigenvalue weighted by Gasteiger charge is 2.33. The number of hydrogen-bond acceptors (Lipinski definition) is 3. The number of hydrogen-bond donors (Lipinski definition) is 0. The van der Waals surface area contributed by atoms with Crippen molar-refractivity contribution in [1.82, 2.24) is 9.88 Å². The Morgan fingerprint density at radius 3 is 3.06 bits per heavy atom. The van der Waals surface area contributed by atoms with E-state index in [1.165, 1.54) is 12.4 Å². The molecule has 0 spiro atoms. The Balaban J connectivity index is 2.17. The maximum Gasteiger partial charge on any atom is 0.255 e. The lowest BCUT2D eigenvalue weighted by molar-refractivity contribution is 0.0629. The van der Waals surface area contributed by atoms with Crippen molar-refractivity contribution in [1.29, 1.82) is 5.26 Å². The van der Waals surface area contributed by atoms with Gasteiger partial charge in [-0.3, -0.25) is 9.78 Å². The van der Waals surface area contributed by atoms with E-state index < -0.39 is 5.41 Å². The number of rotatable bonds is 1.